The number of hydrogen-bond acceptors (Lipinski definition) is 7. The van der Waals surface area contributed by atoms with Crippen molar-refractivity contribution in [1.29, 1.82) is 0 Å². The molecule has 0 aliphatic carbocycles. The molecule has 0 saturated carbocycles. The molecule has 0 amide bonds. The van der Waals surface area contributed by atoms with Crippen LogP contribution in [-0.4, -0.2) is 68.2 Å². The first-order valence-corrected chi connectivity index (χ1v) is 10.9. The predicted octanol–water partition coefficient (Wildman–Crippen LogP) is 2.01. The summed E-state index contributed by atoms with van der Waals surface area (Å²) in [5.74, 6) is 0. The van der Waals surface area contributed by atoms with Gasteiger partial charge in [-0.05, 0) is 33.8 Å². The normalized spacial score (nSPS) is 29.6. The number of sulfonamides is 1. The topological polar surface area (TPSA) is 102 Å². The fraction of sp³-hybridized carbons (Fsp3) is 0.667. The lowest BCUT2D eigenvalue weighted by Crippen LogP contribution is -2.49. The highest BCUT2D eigenvalue weighted by Gasteiger charge is 2.36. The number of hydrogen-bond donors (Lipinski definition) is 0. The summed E-state index contributed by atoms with van der Waals surface area (Å²) < 4.78 is 39.7. The van der Waals surface area contributed by atoms with Crippen molar-refractivity contribution in [2.75, 3.05) is 31.1 Å². The number of morpholine rings is 2. The van der Waals surface area contributed by atoms with Crippen LogP contribution in [0.3, 0.4) is 0 Å². The Labute approximate surface area is 165 Å². The number of benzene rings is 1. The van der Waals surface area contributed by atoms with Gasteiger partial charge < -0.3 is 14.4 Å². The van der Waals surface area contributed by atoms with Crippen molar-refractivity contribution in [3.05, 3.63) is 28.3 Å². The molecule has 9 nitrogen and oxygen atoms in total. The van der Waals surface area contributed by atoms with Crippen LogP contribution in [0.4, 0.5) is 11.4 Å². The van der Waals surface area contributed by atoms with Gasteiger partial charge in [-0.25, -0.2) is 8.42 Å². The Morgan fingerprint density at radius 3 is 1.96 bits per heavy atom. The van der Waals surface area contributed by atoms with Crippen molar-refractivity contribution in [2.45, 2.75) is 57.0 Å². The van der Waals surface area contributed by atoms with E-state index < -0.39 is 14.9 Å². The molecule has 0 spiro atoms. The highest BCUT2D eigenvalue weighted by atomic mass is 32.2. The second-order valence-corrected chi connectivity index (χ2v) is 9.56. The van der Waals surface area contributed by atoms with Gasteiger partial charge in [-0.15, -0.1) is 0 Å². The van der Waals surface area contributed by atoms with Gasteiger partial charge in [0.2, 0.25) is 10.0 Å². The molecule has 0 unspecified atom stereocenters. The van der Waals surface area contributed by atoms with Gasteiger partial charge in [0, 0.05) is 38.3 Å². The van der Waals surface area contributed by atoms with E-state index in [1.54, 1.807) is 0 Å². The lowest BCUT2D eigenvalue weighted by molar-refractivity contribution is -0.385. The van der Waals surface area contributed by atoms with Crippen LogP contribution >= 0.6 is 0 Å². The summed E-state index contributed by atoms with van der Waals surface area (Å²) in [6.45, 7) is 8.94. The van der Waals surface area contributed by atoms with E-state index in [0.717, 1.165) is 0 Å². The molecule has 2 aliphatic rings. The number of nitro benzene ring substituents is 1. The Bertz CT molecular complexity index is 826. The molecule has 0 radical (unpaired) electrons. The third-order valence-corrected chi connectivity index (χ3v) is 6.78. The standard InChI is InChI=1S/C18H27N3O6S/c1-12-8-19(9-13(2)26-12)17-6-5-16(21(22)23)7-18(17)28(24,25)20-10-14(3)27-15(4)11-20/h5-7,12-15H,8-11H2,1-4H3/t12-,13+,14-,15+. The maximum Gasteiger partial charge on any atom is 0.270 e. The van der Waals surface area contributed by atoms with Crippen LogP contribution in [-0.2, 0) is 19.5 Å². The first kappa shape index (κ1) is 21.0. The van der Waals surface area contributed by atoms with Gasteiger partial charge in [-0.2, -0.15) is 4.31 Å². The molecular formula is C18H27N3O6S. The number of ether oxygens (including phenoxy) is 2. The molecule has 3 rings (SSSR count). The van der Waals surface area contributed by atoms with Crippen LogP contribution in [0.5, 0.6) is 0 Å². The van der Waals surface area contributed by atoms with E-state index >= 15 is 0 Å². The van der Waals surface area contributed by atoms with Crippen LogP contribution in [0.15, 0.2) is 23.1 Å². The van der Waals surface area contributed by atoms with E-state index in [9.17, 15) is 18.5 Å². The summed E-state index contributed by atoms with van der Waals surface area (Å²) in [6.07, 6.45) is -0.635. The average molecular weight is 413 g/mol. The number of nitrogens with zero attached hydrogens (tertiary/aromatic N) is 3. The van der Waals surface area contributed by atoms with Gasteiger partial charge in [0.05, 0.1) is 35.0 Å². The van der Waals surface area contributed by atoms with E-state index in [1.807, 2.05) is 32.6 Å². The Morgan fingerprint density at radius 1 is 0.964 bits per heavy atom. The smallest absolute Gasteiger partial charge is 0.270 e. The average Bonchev–Trinajstić information content (AvgIpc) is 2.59. The molecule has 2 saturated heterocycles. The number of anilines is 1. The van der Waals surface area contributed by atoms with Crippen LogP contribution in [0.2, 0.25) is 0 Å². The summed E-state index contributed by atoms with van der Waals surface area (Å²) in [5, 5.41) is 11.3. The van der Waals surface area contributed by atoms with Gasteiger partial charge in [0.15, 0.2) is 0 Å². The minimum absolute atomic E-state index is 0.0377. The second kappa shape index (κ2) is 7.94. The van der Waals surface area contributed by atoms with Gasteiger partial charge >= 0.3 is 0 Å². The third kappa shape index (κ3) is 4.29. The zero-order valence-corrected chi connectivity index (χ0v) is 17.4. The summed E-state index contributed by atoms with van der Waals surface area (Å²) in [7, 11) is -3.93. The van der Waals surface area contributed by atoms with Crippen LogP contribution in [0.25, 0.3) is 0 Å². The van der Waals surface area contributed by atoms with Crippen LogP contribution in [0, 0.1) is 10.1 Å². The van der Waals surface area contributed by atoms with Gasteiger partial charge in [0.1, 0.15) is 4.90 Å². The summed E-state index contributed by atoms with van der Waals surface area (Å²) >= 11 is 0. The Balaban J connectivity index is 2.06. The van der Waals surface area contributed by atoms with E-state index in [2.05, 4.69) is 0 Å². The lowest BCUT2D eigenvalue weighted by Gasteiger charge is -2.39. The highest BCUT2D eigenvalue weighted by molar-refractivity contribution is 7.89. The molecule has 2 heterocycles. The van der Waals surface area contributed by atoms with Gasteiger partial charge in [-0.3, -0.25) is 10.1 Å². The minimum Gasteiger partial charge on any atom is -0.373 e. The Kier molecular flexibility index (Phi) is 5.95. The molecule has 2 aliphatic heterocycles. The quantitative estimate of drug-likeness (QED) is 0.549. The molecule has 0 bridgehead atoms. The maximum absolute atomic E-state index is 13.5. The summed E-state index contributed by atoms with van der Waals surface area (Å²) in [6, 6.07) is 4.05. The highest BCUT2D eigenvalue weighted by Crippen LogP contribution is 2.34. The number of rotatable bonds is 4. The van der Waals surface area contributed by atoms with Crippen molar-refractivity contribution >= 4 is 21.4 Å². The van der Waals surface area contributed by atoms with Crippen molar-refractivity contribution in [1.82, 2.24) is 4.31 Å². The zero-order valence-electron chi connectivity index (χ0n) is 16.6. The first-order valence-electron chi connectivity index (χ1n) is 9.42. The largest absolute Gasteiger partial charge is 0.373 e. The van der Waals surface area contributed by atoms with Gasteiger partial charge in [0.25, 0.3) is 5.69 Å². The minimum atomic E-state index is -3.93. The molecular weight excluding hydrogens is 386 g/mol. The molecule has 28 heavy (non-hydrogen) atoms. The molecule has 0 N–H and O–H groups in total. The molecule has 2 fully saturated rings. The fourth-order valence-corrected chi connectivity index (χ4v) is 5.75. The molecule has 1 aromatic carbocycles. The summed E-state index contributed by atoms with van der Waals surface area (Å²) in [5.41, 5.74) is 0.227. The molecule has 1 aromatic rings. The van der Waals surface area contributed by atoms with Crippen LogP contribution in [0.1, 0.15) is 27.7 Å². The van der Waals surface area contributed by atoms with E-state index in [-0.39, 0.29) is 48.1 Å². The second-order valence-electron chi connectivity index (χ2n) is 7.65. The van der Waals surface area contributed by atoms with Crippen molar-refractivity contribution in [2.24, 2.45) is 0 Å². The summed E-state index contributed by atoms with van der Waals surface area (Å²) in [4.78, 5) is 12.6. The Morgan fingerprint density at radius 2 is 1.46 bits per heavy atom. The van der Waals surface area contributed by atoms with E-state index in [0.29, 0.717) is 18.8 Å². The van der Waals surface area contributed by atoms with E-state index in [1.165, 1.54) is 22.5 Å². The molecule has 0 aromatic heterocycles. The lowest BCUT2D eigenvalue weighted by atomic mass is 10.2. The SMILES string of the molecule is C[C@@H]1CN(c2ccc([N+](=O)[O-])cc2S(=O)(=O)N2C[C@@H](C)O[C@@H](C)C2)C[C@H](C)O1. The zero-order chi connectivity index (χ0) is 20.6. The van der Waals surface area contributed by atoms with Gasteiger partial charge in [-0.1, -0.05) is 0 Å². The fourth-order valence-electron chi connectivity index (χ4n) is 3.92. The van der Waals surface area contributed by atoms with Crippen molar-refractivity contribution in [3.8, 4) is 0 Å². The first-order chi connectivity index (χ1) is 13.1. The number of nitro groups is 1. The van der Waals surface area contributed by atoms with Crippen LogP contribution < -0.4 is 4.90 Å². The maximum atomic E-state index is 13.5. The third-order valence-electron chi connectivity index (χ3n) is 4.92. The molecule has 156 valence electrons. The van der Waals surface area contributed by atoms with Crippen molar-refractivity contribution in [3.63, 3.8) is 0 Å². The Hall–Kier alpha value is -1.75. The van der Waals surface area contributed by atoms with Crippen molar-refractivity contribution < 1.29 is 22.8 Å². The molecule has 10 heteroatoms. The molecule has 4 atom stereocenters. The monoisotopic (exact) mass is 413 g/mol. The predicted molar refractivity (Wildman–Crippen MR) is 104 cm³/mol. The van der Waals surface area contributed by atoms with E-state index in [4.69, 9.17) is 9.47 Å². The number of non-ortho nitro benzene ring substituents is 1.